The largest absolute Gasteiger partial charge is 0.497 e. The quantitative estimate of drug-likeness (QED) is 0.559. The zero-order chi connectivity index (χ0) is 27.0. The molecule has 0 aromatic heterocycles. The first-order chi connectivity index (χ1) is 18.2. The van der Waals surface area contributed by atoms with E-state index in [1.54, 1.807) is 14.2 Å². The van der Waals surface area contributed by atoms with E-state index in [0.29, 0.717) is 29.4 Å². The number of hydrogen-bond acceptors (Lipinski definition) is 6. The molecule has 38 heavy (non-hydrogen) atoms. The Bertz CT molecular complexity index is 1270. The summed E-state index contributed by atoms with van der Waals surface area (Å²) in [6.45, 7) is 8.16. The molecule has 0 saturated carbocycles. The highest BCUT2D eigenvalue weighted by Gasteiger charge is 2.43. The van der Waals surface area contributed by atoms with E-state index in [1.165, 1.54) is 0 Å². The van der Waals surface area contributed by atoms with Gasteiger partial charge in [-0.3, -0.25) is 9.59 Å². The number of ether oxygens (including phenoxy) is 2. The van der Waals surface area contributed by atoms with Gasteiger partial charge in [-0.05, 0) is 60.9 Å². The molecule has 2 aromatic rings. The average Bonchev–Trinajstić information content (AvgIpc) is 3.02. The summed E-state index contributed by atoms with van der Waals surface area (Å²) in [5, 5.41) is 3.62. The van der Waals surface area contributed by atoms with Gasteiger partial charge in [0.1, 0.15) is 11.5 Å². The third kappa shape index (κ3) is 4.98. The number of allylic oxidation sites excluding steroid dienone is 1. The van der Waals surface area contributed by atoms with Crippen LogP contribution in [-0.2, 0) is 9.59 Å². The number of nitrogens with one attached hydrogen (secondary N) is 1. The Morgan fingerprint density at radius 3 is 2.63 bits per heavy atom. The van der Waals surface area contributed by atoms with Crippen molar-refractivity contribution in [2.45, 2.75) is 52.5 Å². The van der Waals surface area contributed by atoms with Crippen LogP contribution in [0.2, 0.25) is 0 Å². The molecule has 7 heteroatoms. The lowest BCUT2D eigenvalue weighted by molar-refractivity contribution is -0.131. The van der Waals surface area contributed by atoms with Crippen LogP contribution in [0.15, 0.2) is 53.7 Å². The second-order valence-electron chi connectivity index (χ2n) is 11.7. The minimum absolute atomic E-state index is 0.0749. The number of likely N-dealkylation sites (tertiary alicyclic amines) is 1. The van der Waals surface area contributed by atoms with Crippen LogP contribution in [0.1, 0.15) is 58.1 Å². The van der Waals surface area contributed by atoms with E-state index in [-0.39, 0.29) is 23.7 Å². The number of benzene rings is 2. The Morgan fingerprint density at radius 1 is 1.11 bits per heavy atom. The number of amides is 1. The first kappa shape index (κ1) is 26.1. The maximum atomic E-state index is 14.0. The number of Topliss-reactive ketones (excluding diaryl/α,β-unsaturated/α-hetero) is 1. The van der Waals surface area contributed by atoms with Crippen LogP contribution < -0.4 is 19.7 Å². The molecule has 1 amide bonds. The highest BCUT2D eigenvalue weighted by molar-refractivity contribution is 6.02. The van der Waals surface area contributed by atoms with Gasteiger partial charge in [-0.25, -0.2) is 0 Å². The van der Waals surface area contributed by atoms with Crippen molar-refractivity contribution in [3.05, 3.63) is 59.3 Å². The number of piperidine rings is 1. The predicted octanol–water partition coefficient (Wildman–Crippen LogP) is 5.58. The van der Waals surface area contributed by atoms with Gasteiger partial charge in [0, 0.05) is 36.3 Å². The Labute approximate surface area is 225 Å². The molecule has 1 fully saturated rings. The molecule has 7 nitrogen and oxygen atoms in total. The average molecular weight is 518 g/mol. The topological polar surface area (TPSA) is 71.1 Å². The number of para-hydroxylation sites is 2. The van der Waals surface area contributed by atoms with Gasteiger partial charge in [0.25, 0.3) is 0 Å². The molecule has 0 radical (unpaired) electrons. The highest BCUT2D eigenvalue weighted by atomic mass is 16.5. The van der Waals surface area contributed by atoms with Crippen molar-refractivity contribution in [3.63, 3.8) is 0 Å². The van der Waals surface area contributed by atoms with E-state index in [2.05, 4.69) is 31.0 Å². The van der Waals surface area contributed by atoms with Gasteiger partial charge in [0.05, 0.1) is 38.2 Å². The van der Waals surface area contributed by atoms with E-state index < -0.39 is 6.04 Å². The van der Waals surface area contributed by atoms with Crippen molar-refractivity contribution >= 4 is 23.1 Å². The van der Waals surface area contributed by atoms with E-state index in [0.717, 1.165) is 55.0 Å². The molecule has 2 unspecified atom stereocenters. The van der Waals surface area contributed by atoms with Crippen molar-refractivity contribution in [1.29, 1.82) is 0 Å². The standard InChI is InChI=1S/C31H39N3O4/c1-20-9-8-14-33(18-20)28(36)19-34-25-11-7-6-10-23(25)32-24-16-31(2,3)17-26(35)29(24)30(34)22-15-21(37-4)12-13-27(22)38-5/h6-7,10-13,15,20,30,32H,8-9,14,16-19H2,1-5H3. The zero-order valence-electron chi connectivity index (χ0n) is 23.2. The summed E-state index contributed by atoms with van der Waals surface area (Å²) in [7, 11) is 3.27. The zero-order valence-corrected chi connectivity index (χ0v) is 23.2. The molecule has 202 valence electrons. The molecule has 1 saturated heterocycles. The summed E-state index contributed by atoms with van der Waals surface area (Å²) < 4.78 is 11.4. The number of rotatable bonds is 5. The Balaban J connectivity index is 1.71. The van der Waals surface area contributed by atoms with Crippen LogP contribution in [0.25, 0.3) is 0 Å². The number of anilines is 2. The molecule has 3 aliphatic rings. The minimum Gasteiger partial charge on any atom is -0.497 e. The summed E-state index contributed by atoms with van der Waals surface area (Å²) >= 11 is 0. The molecule has 2 heterocycles. The van der Waals surface area contributed by atoms with Crippen molar-refractivity contribution in [2.24, 2.45) is 11.3 Å². The number of carbonyl (C=O) groups excluding carboxylic acids is 2. The lowest BCUT2D eigenvalue weighted by Crippen LogP contribution is -2.46. The molecule has 5 rings (SSSR count). The second-order valence-corrected chi connectivity index (χ2v) is 11.7. The smallest absolute Gasteiger partial charge is 0.242 e. The molecule has 2 aliphatic heterocycles. The van der Waals surface area contributed by atoms with Gasteiger partial charge < -0.3 is 24.6 Å². The van der Waals surface area contributed by atoms with Gasteiger partial charge >= 0.3 is 0 Å². The SMILES string of the molecule is COc1ccc(OC)c(C2C3=C(CC(C)(C)CC3=O)Nc3ccccc3N2CC(=O)N2CCCC(C)C2)c1. The third-order valence-electron chi connectivity index (χ3n) is 8.05. The Kier molecular flexibility index (Phi) is 7.12. The van der Waals surface area contributed by atoms with Crippen molar-refractivity contribution in [2.75, 3.05) is 44.1 Å². The fourth-order valence-corrected chi connectivity index (χ4v) is 6.27. The van der Waals surface area contributed by atoms with Gasteiger partial charge in [0.2, 0.25) is 5.91 Å². The van der Waals surface area contributed by atoms with Crippen LogP contribution in [-0.4, -0.2) is 50.4 Å². The first-order valence-electron chi connectivity index (χ1n) is 13.6. The number of ketones is 1. The fraction of sp³-hybridized carbons (Fsp3) is 0.484. The molecule has 0 spiro atoms. The van der Waals surface area contributed by atoms with Crippen molar-refractivity contribution in [3.8, 4) is 11.5 Å². The molecule has 2 atom stereocenters. The Morgan fingerprint density at radius 2 is 1.89 bits per heavy atom. The van der Waals surface area contributed by atoms with E-state index in [4.69, 9.17) is 9.47 Å². The molecule has 1 aliphatic carbocycles. The van der Waals surface area contributed by atoms with Gasteiger partial charge in [-0.1, -0.05) is 32.9 Å². The summed E-state index contributed by atoms with van der Waals surface area (Å²) in [5.74, 6) is 1.98. The second kappa shape index (κ2) is 10.4. The predicted molar refractivity (Wildman–Crippen MR) is 150 cm³/mol. The van der Waals surface area contributed by atoms with Crippen LogP contribution in [0.3, 0.4) is 0 Å². The van der Waals surface area contributed by atoms with Gasteiger partial charge in [0.15, 0.2) is 5.78 Å². The first-order valence-corrected chi connectivity index (χ1v) is 13.6. The van der Waals surface area contributed by atoms with Crippen LogP contribution in [0.5, 0.6) is 11.5 Å². The van der Waals surface area contributed by atoms with Crippen LogP contribution in [0.4, 0.5) is 11.4 Å². The minimum atomic E-state index is -0.513. The fourth-order valence-electron chi connectivity index (χ4n) is 6.27. The number of carbonyl (C=O) groups is 2. The summed E-state index contributed by atoms with van der Waals surface area (Å²) in [4.78, 5) is 31.9. The van der Waals surface area contributed by atoms with Crippen LogP contribution >= 0.6 is 0 Å². The van der Waals surface area contributed by atoms with Crippen molar-refractivity contribution in [1.82, 2.24) is 4.90 Å². The molecule has 1 N–H and O–H groups in total. The Hall–Kier alpha value is -3.48. The lowest BCUT2D eigenvalue weighted by atomic mass is 9.73. The van der Waals surface area contributed by atoms with Crippen molar-refractivity contribution < 1.29 is 19.1 Å². The molecular formula is C31H39N3O4. The van der Waals surface area contributed by atoms with Crippen LogP contribution in [0, 0.1) is 11.3 Å². The highest BCUT2D eigenvalue weighted by Crippen LogP contribution is 2.50. The van der Waals surface area contributed by atoms with E-state index >= 15 is 0 Å². The monoisotopic (exact) mass is 517 g/mol. The normalized spacial score (nSPS) is 22.7. The molecule has 2 aromatic carbocycles. The van der Waals surface area contributed by atoms with E-state index in [1.807, 2.05) is 47.4 Å². The van der Waals surface area contributed by atoms with Gasteiger partial charge in [-0.15, -0.1) is 0 Å². The summed E-state index contributed by atoms with van der Waals surface area (Å²) in [6.07, 6.45) is 3.33. The summed E-state index contributed by atoms with van der Waals surface area (Å²) in [6, 6.07) is 13.2. The third-order valence-corrected chi connectivity index (χ3v) is 8.05. The lowest BCUT2D eigenvalue weighted by Gasteiger charge is -2.39. The van der Waals surface area contributed by atoms with E-state index in [9.17, 15) is 9.59 Å². The molecular weight excluding hydrogens is 478 g/mol. The number of methoxy groups -OCH3 is 2. The molecule has 0 bridgehead atoms. The maximum Gasteiger partial charge on any atom is 0.242 e. The summed E-state index contributed by atoms with van der Waals surface area (Å²) in [5.41, 5.74) is 4.04. The van der Waals surface area contributed by atoms with Gasteiger partial charge in [-0.2, -0.15) is 0 Å². The number of fused-ring (bicyclic) bond motifs is 1. The number of nitrogens with zero attached hydrogens (tertiary/aromatic N) is 2. The number of hydrogen-bond donors (Lipinski definition) is 1. The maximum absolute atomic E-state index is 14.0.